The lowest BCUT2D eigenvalue weighted by atomic mass is 10.3. The van der Waals surface area contributed by atoms with Crippen LogP contribution in [0.3, 0.4) is 0 Å². The van der Waals surface area contributed by atoms with Gasteiger partial charge in [0, 0.05) is 18.4 Å². The SMILES string of the molecule is CCC(C)n1ccnc1.Cl. The third-order valence-corrected chi connectivity index (χ3v) is 1.62. The molecule has 3 heteroatoms. The van der Waals surface area contributed by atoms with Crippen LogP contribution in [0.25, 0.3) is 0 Å². The van der Waals surface area contributed by atoms with Crippen LogP contribution in [0.1, 0.15) is 26.3 Å². The smallest absolute Gasteiger partial charge is 0.0948 e. The second-order valence-electron chi connectivity index (χ2n) is 2.27. The first-order chi connectivity index (χ1) is 4.34. The van der Waals surface area contributed by atoms with Crippen LogP contribution in [0, 0.1) is 0 Å². The van der Waals surface area contributed by atoms with Crippen molar-refractivity contribution in [1.82, 2.24) is 9.55 Å². The van der Waals surface area contributed by atoms with Crippen molar-refractivity contribution in [2.24, 2.45) is 0 Å². The molecule has 1 atom stereocenters. The molecular weight excluding hydrogens is 148 g/mol. The third kappa shape index (κ3) is 2.03. The quantitative estimate of drug-likeness (QED) is 0.649. The number of imidazole rings is 1. The van der Waals surface area contributed by atoms with E-state index in [1.807, 2.05) is 18.7 Å². The first kappa shape index (κ1) is 9.50. The first-order valence-corrected chi connectivity index (χ1v) is 3.32. The molecule has 0 aliphatic heterocycles. The molecule has 0 aromatic carbocycles. The topological polar surface area (TPSA) is 17.8 Å². The molecule has 1 rings (SSSR count). The molecule has 0 amide bonds. The lowest BCUT2D eigenvalue weighted by Gasteiger charge is -2.07. The van der Waals surface area contributed by atoms with Gasteiger partial charge in [-0.05, 0) is 13.3 Å². The van der Waals surface area contributed by atoms with E-state index in [1.165, 1.54) is 0 Å². The molecule has 1 heterocycles. The zero-order chi connectivity index (χ0) is 6.69. The average Bonchev–Trinajstić information content (AvgIpc) is 2.37. The molecule has 0 saturated heterocycles. The van der Waals surface area contributed by atoms with E-state index in [0.717, 1.165) is 6.42 Å². The van der Waals surface area contributed by atoms with E-state index in [0.29, 0.717) is 6.04 Å². The van der Waals surface area contributed by atoms with Gasteiger partial charge < -0.3 is 4.57 Å². The Hall–Kier alpha value is -0.500. The van der Waals surface area contributed by atoms with Gasteiger partial charge >= 0.3 is 0 Å². The molecule has 0 fully saturated rings. The van der Waals surface area contributed by atoms with Gasteiger partial charge in [-0.2, -0.15) is 0 Å². The van der Waals surface area contributed by atoms with Gasteiger partial charge in [0.25, 0.3) is 0 Å². The summed E-state index contributed by atoms with van der Waals surface area (Å²) >= 11 is 0. The van der Waals surface area contributed by atoms with E-state index in [1.54, 1.807) is 0 Å². The molecule has 10 heavy (non-hydrogen) atoms. The van der Waals surface area contributed by atoms with Gasteiger partial charge in [-0.15, -0.1) is 12.4 Å². The molecular formula is C7H13ClN2. The Kier molecular flexibility index (Phi) is 4.12. The number of rotatable bonds is 2. The van der Waals surface area contributed by atoms with E-state index in [4.69, 9.17) is 0 Å². The summed E-state index contributed by atoms with van der Waals surface area (Å²) in [6, 6.07) is 0.590. The van der Waals surface area contributed by atoms with Gasteiger partial charge in [0.15, 0.2) is 0 Å². The maximum absolute atomic E-state index is 3.95. The van der Waals surface area contributed by atoms with Crippen LogP contribution in [0.15, 0.2) is 18.7 Å². The van der Waals surface area contributed by atoms with Gasteiger partial charge in [-0.1, -0.05) is 6.92 Å². The zero-order valence-corrected chi connectivity index (χ0v) is 7.14. The van der Waals surface area contributed by atoms with Crippen molar-refractivity contribution in [3.63, 3.8) is 0 Å². The van der Waals surface area contributed by atoms with Crippen molar-refractivity contribution >= 4 is 12.4 Å². The maximum Gasteiger partial charge on any atom is 0.0948 e. The van der Waals surface area contributed by atoms with Crippen LogP contribution in [0.5, 0.6) is 0 Å². The van der Waals surface area contributed by atoms with Gasteiger partial charge in [-0.25, -0.2) is 4.98 Å². The van der Waals surface area contributed by atoms with E-state index in [9.17, 15) is 0 Å². The van der Waals surface area contributed by atoms with Crippen molar-refractivity contribution in [3.8, 4) is 0 Å². The Morgan fingerprint density at radius 1 is 1.60 bits per heavy atom. The highest BCUT2D eigenvalue weighted by molar-refractivity contribution is 5.85. The molecule has 1 aromatic rings. The fourth-order valence-electron chi connectivity index (χ4n) is 0.741. The Morgan fingerprint density at radius 2 is 2.30 bits per heavy atom. The van der Waals surface area contributed by atoms with Crippen LogP contribution in [-0.2, 0) is 0 Å². The summed E-state index contributed by atoms with van der Waals surface area (Å²) in [6.07, 6.45) is 6.82. The van der Waals surface area contributed by atoms with Crippen LogP contribution in [0.4, 0.5) is 0 Å². The summed E-state index contributed by atoms with van der Waals surface area (Å²) < 4.78 is 2.11. The van der Waals surface area contributed by atoms with Crippen LogP contribution in [0.2, 0.25) is 0 Å². The van der Waals surface area contributed by atoms with E-state index in [-0.39, 0.29) is 12.4 Å². The molecule has 1 aromatic heterocycles. The lowest BCUT2D eigenvalue weighted by Crippen LogP contribution is -1.99. The number of hydrogen-bond donors (Lipinski definition) is 0. The minimum absolute atomic E-state index is 0. The molecule has 0 aliphatic carbocycles. The minimum Gasteiger partial charge on any atom is -0.335 e. The van der Waals surface area contributed by atoms with Gasteiger partial charge in [0.05, 0.1) is 6.33 Å². The second kappa shape index (κ2) is 4.34. The van der Waals surface area contributed by atoms with Crippen molar-refractivity contribution in [2.45, 2.75) is 26.3 Å². The molecule has 0 N–H and O–H groups in total. The largest absolute Gasteiger partial charge is 0.335 e. The normalized spacial score (nSPS) is 12.2. The van der Waals surface area contributed by atoms with Crippen LogP contribution >= 0.6 is 12.4 Å². The van der Waals surface area contributed by atoms with Crippen molar-refractivity contribution in [3.05, 3.63) is 18.7 Å². The predicted octanol–water partition coefficient (Wildman–Crippen LogP) is 2.28. The molecule has 2 nitrogen and oxygen atoms in total. The lowest BCUT2D eigenvalue weighted by molar-refractivity contribution is 0.530. The summed E-state index contributed by atoms with van der Waals surface area (Å²) in [5, 5.41) is 0. The molecule has 0 radical (unpaired) electrons. The van der Waals surface area contributed by atoms with Gasteiger partial charge in [0.2, 0.25) is 0 Å². The molecule has 0 saturated carbocycles. The number of hydrogen-bond acceptors (Lipinski definition) is 1. The summed E-state index contributed by atoms with van der Waals surface area (Å²) in [5.74, 6) is 0. The van der Waals surface area contributed by atoms with Gasteiger partial charge in [0.1, 0.15) is 0 Å². The first-order valence-electron chi connectivity index (χ1n) is 3.32. The third-order valence-electron chi connectivity index (χ3n) is 1.62. The van der Waals surface area contributed by atoms with Gasteiger partial charge in [-0.3, -0.25) is 0 Å². The summed E-state index contributed by atoms with van der Waals surface area (Å²) in [7, 11) is 0. The number of nitrogens with zero attached hydrogens (tertiary/aromatic N) is 2. The molecule has 0 aliphatic rings. The van der Waals surface area contributed by atoms with Crippen LogP contribution in [-0.4, -0.2) is 9.55 Å². The molecule has 0 bridgehead atoms. The Balaban J connectivity index is 0.000000810. The van der Waals surface area contributed by atoms with Crippen LogP contribution < -0.4 is 0 Å². The molecule has 1 unspecified atom stereocenters. The number of halogens is 1. The average molecular weight is 161 g/mol. The standard InChI is InChI=1S/C7H12N2.ClH/c1-3-7(2)9-5-4-8-6-9;/h4-7H,3H2,1-2H3;1H. The Labute approximate surface area is 67.7 Å². The highest BCUT2D eigenvalue weighted by Crippen LogP contribution is 2.06. The highest BCUT2D eigenvalue weighted by atomic mass is 35.5. The Morgan fingerprint density at radius 3 is 2.70 bits per heavy atom. The monoisotopic (exact) mass is 160 g/mol. The fraction of sp³-hybridized carbons (Fsp3) is 0.571. The Bertz CT molecular complexity index is 160. The van der Waals surface area contributed by atoms with E-state index < -0.39 is 0 Å². The predicted molar refractivity (Wildman–Crippen MR) is 44.5 cm³/mol. The highest BCUT2D eigenvalue weighted by Gasteiger charge is 1.96. The summed E-state index contributed by atoms with van der Waals surface area (Å²) in [5.41, 5.74) is 0. The van der Waals surface area contributed by atoms with E-state index >= 15 is 0 Å². The summed E-state index contributed by atoms with van der Waals surface area (Å²) in [4.78, 5) is 3.95. The maximum atomic E-state index is 3.95. The minimum atomic E-state index is 0. The van der Waals surface area contributed by atoms with E-state index in [2.05, 4.69) is 23.4 Å². The summed E-state index contributed by atoms with van der Waals surface area (Å²) in [6.45, 7) is 4.35. The van der Waals surface area contributed by atoms with Crippen molar-refractivity contribution < 1.29 is 0 Å². The zero-order valence-electron chi connectivity index (χ0n) is 6.32. The fourth-order valence-corrected chi connectivity index (χ4v) is 0.741. The number of aromatic nitrogens is 2. The second-order valence-corrected chi connectivity index (χ2v) is 2.27. The van der Waals surface area contributed by atoms with Crippen molar-refractivity contribution in [1.29, 1.82) is 0 Å². The molecule has 58 valence electrons. The van der Waals surface area contributed by atoms with Crippen molar-refractivity contribution in [2.75, 3.05) is 0 Å². The molecule has 0 spiro atoms.